The maximum atomic E-state index is 12.1. The van der Waals surface area contributed by atoms with Crippen LogP contribution in [-0.2, 0) is 0 Å². The third kappa shape index (κ3) is 4.06. The van der Waals surface area contributed by atoms with Crippen LogP contribution in [-0.4, -0.2) is 11.6 Å². The summed E-state index contributed by atoms with van der Waals surface area (Å²) >= 11 is 11.8. The van der Waals surface area contributed by atoms with Crippen LogP contribution < -0.4 is 5.43 Å². The zero-order valence-electron chi connectivity index (χ0n) is 11.4. The topological polar surface area (TPSA) is 41.5 Å². The molecule has 0 bridgehead atoms. The SMILES string of the molecule is CCC(=NNC(=O)c1ccc(Cl)cc1Cl)c1ccccc1. The van der Waals surface area contributed by atoms with Gasteiger partial charge in [-0.2, -0.15) is 5.10 Å². The van der Waals surface area contributed by atoms with E-state index in [0.717, 1.165) is 11.3 Å². The lowest BCUT2D eigenvalue weighted by Gasteiger charge is -2.06. The predicted octanol–water partition coefficient (Wildman–Crippen LogP) is 4.54. The fourth-order valence-corrected chi connectivity index (χ4v) is 2.32. The number of hydrogen-bond donors (Lipinski definition) is 1. The minimum atomic E-state index is -0.362. The van der Waals surface area contributed by atoms with Gasteiger partial charge in [0.2, 0.25) is 0 Å². The van der Waals surface area contributed by atoms with Gasteiger partial charge in [0.25, 0.3) is 5.91 Å². The van der Waals surface area contributed by atoms with Gasteiger partial charge in [-0.25, -0.2) is 5.43 Å². The Morgan fingerprint density at radius 2 is 1.86 bits per heavy atom. The fourth-order valence-electron chi connectivity index (χ4n) is 1.83. The molecule has 1 amide bonds. The van der Waals surface area contributed by atoms with Crippen LogP contribution in [0.3, 0.4) is 0 Å². The second-order valence-electron chi connectivity index (χ2n) is 4.34. The van der Waals surface area contributed by atoms with Crippen molar-refractivity contribution in [2.75, 3.05) is 0 Å². The summed E-state index contributed by atoms with van der Waals surface area (Å²) in [5.74, 6) is -0.362. The lowest BCUT2D eigenvalue weighted by Crippen LogP contribution is -2.20. The van der Waals surface area contributed by atoms with Gasteiger partial charge in [-0.05, 0) is 30.2 Å². The van der Waals surface area contributed by atoms with Crippen LogP contribution in [0.4, 0.5) is 0 Å². The molecule has 0 aromatic heterocycles. The number of rotatable bonds is 4. The summed E-state index contributed by atoms with van der Waals surface area (Å²) < 4.78 is 0. The van der Waals surface area contributed by atoms with Crippen LogP contribution in [0.2, 0.25) is 10.0 Å². The first kappa shape index (κ1) is 15.5. The highest BCUT2D eigenvalue weighted by Gasteiger charge is 2.10. The van der Waals surface area contributed by atoms with Gasteiger partial charge >= 0.3 is 0 Å². The number of hydrogen-bond acceptors (Lipinski definition) is 2. The van der Waals surface area contributed by atoms with Crippen molar-refractivity contribution in [2.24, 2.45) is 5.10 Å². The van der Waals surface area contributed by atoms with E-state index >= 15 is 0 Å². The van der Waals surface area contributed by atoms with Gasteiger partial charge < -0.3 is 0 Å². The molecule has 0 aliphatic rings. The number of hydrazone groups is 1. The van der Waals surface area contributed by atoms with Crippen molar-refractivity contribution in [1.29, 1.82) is 0 Å². The van der Waals surface area contributed by atoms with Crippen LogP contribution >= 0.6 is 23.2 Å². The number of amides is 1. The number of benzene rings is 2. The summed E-state index contributed by atoms with van der Waals surface area (Å²) in [6, 6.07) is 14.4. The highest BCUT2D eigenvalue weighted by atomic mass is 35.5. The summed E-state index contributed by atoms with van der Waals surface area (Å²) in [6.45, 7) is 1.98. The van der Waals surface area contributed by atoms with E-state index < -0.39 is 0 Å². The van der Waals surface area contributed by atoms with Crippen molar-refractivity contribution in [2.45, 2.75) is 13.3 Å². The Morgan fingerprint density at radius 3 is 2.48 bits per heavy atom. The van der Waals surface area contributed by atoms with Crippen molar-refractivity contribution in [1.82, 2.24) is 5.43 Å². The molecule has 0 aliphatic carbocycles. The Labute approximate surface area is 133 Å². The molecule has 0 saturated heterocycles. The van der Waals surface area contributed by atoms with Gasteiger partial charge in [0, 0.05) is 5.02 Å². The van der Waals surface area contributed by atoms with E-state index in [4.69, 9.17) is 23.2 Å². The predicted molar refractivity (Wildman–Crippen MR) is 87.2 cm³/mol. The highest BCUT2D eigenvalue weighted by Crippen LogP contribution is 2.20. The van der Waals surface area contributed by atoms with Gasteiger partial charge in [0.15, 0.2) is 0 Å². The molecule has 0 fully saturated rings. The Balaban J connectivity index is 2.17. The number of carbonyl (C=O) groups is 1. The molecule has 5 heteroatoms. The molecule has 2 rings (SSSR count). The van der Waals surface area contributed by atoms with E-state index in [1.807, 2.05) is 37.3 Å². The maximum Gasteiger partial charge on any atom is 0.272 e. The Kier molecular flexibility index (Phi) is 5.37. The van der Waals surface area contributed by atoms with E-state index in [9.17, 15) is 4.79 Å². The van der Waals surface area contributed by atoms with Crippen LogP contribution in [0, 0.1) is 0 Å². The lowest BCUT2D eigenvalue weighted by molar-refractivity contribution is 0.0955. The molecule has 2 aromatic rings. The minimum Gasteiger partial charge on any atom is -0.267 e. The summed E-state index contributed by atoms with van der Waals surface area (Å²) in [5, 5.41) is 4.96. The van der Waals surface area contributed by atoms with E-state index in [0.29, 0.717) is 22.0 Å². The van der Waals surface area contributed by atoms with Crippen molar-refractivity contribution >= 4 is 34.8 Å². The first-order chi connectivity index (χ1) is 10.1. The molecule has 2 aromatic carbocycles. The number of nitrogens with zero attached hydrogens (tertiary/aromatic N) is 1. The molecule has 3 nitrogen and oxygen atoms in total. The van der Waals surface area contributed by atoms with Crippen molar-refractivity contribution in [3.8, 4) is 0 Å². The number of halogens is 2. The normalized spacial score (nSPS) is 11.3. The molecule has 0 atom stereocenters. The van der Waals surface area contributed by atoms with Crippen LogP contribution in [0.15, 0.2) is 53.6 Å². The first-order valence-electron chi connectivity index (χ1n) is 6.49. The average molecular weight is 321 g/mol. The molecule has 0 saturated carbocycles. The second-order valence-corrected chi connectivity index (χ2v) is 5.19. The summed E-state index contributed by atoms with van der Waals surface area (Å²) in [4.78, 5) is 12.1. The second kappa shape index (κ2) is 7.25. The minimum absolute atomic E-state index is 0.299. The number of nitrogens with one attached hydrogen (secondary N) is 1. The largest absolute Gasteiger partial charge is 0.272 e. The Hall–Kier alpha value is -1.84. The fraction of sp³-hybridized carbons (Fsp3) is 0.125. The van der Waals surface area contributed by atoms with Crippen molar-refractivity contribution in [3.63, 3.8) is 0 Å². The van der Waals surface area contributed by atoms with E-state index in [-0.39, 0.29) is 5.91 Å². The first-order valence-corrected chi connectivity index (χ1v) is 7.24. The molecular formula is C16H14Cl2N2O. The lowest BCUT2D eigenvalue weighted by atomic mass is 10.1. The van der Waals surface area contributed by atoms with Gasteiger partial charge in [-0.3, -0.25) is 4.79 Å². The van der Waals surface area contributed by atoms with E-state index in [1.165, 1.54) is 6.07 Å². The van der Waals surface area contributed by atoms with Gasteiger partial charge in [-0.1, -0.05) is 60.5 Å². The third-order valence-electron chi connectivity index (χ3n) is 2.91. The highest BCUT2D eigenvalue weighted by molar-refractivity contribution is 6.36. The summed E-state index contributed by atoms with van der Waals surface area (Å²) in [5.41, 5.74) is 4.65. The standard InChI is InChI=1S/C16H14Cl2N2O/c1-2-15(11-6-4-3-5-7-11)19-20-16(21)13-9-8-12(17)10-14(13)18/h3-10H,2H2,1H3,(H,20,21). The van der Waals surface area contributed by atoms with Gasteiger partial charge in [0.05, 0.1) is 16.3 Å². The van der Waals surface area contributed by atoms with Crippen molar-refractivity contribution in [3.05, 3.63) is 69.7 Å². The molecule has 1 N–H and O–H groups in total. The van der Waals surface area contributed by atoms with Crippen LogP contribution in [0.5, 0.6) is 0 Å². The third-order valence-corrected chi connectivity index (χ3v) is 3.46. The van der Waals surface area contributed by atoms with Gasteiger partial charge in [-0.15, -0.1) is 0 Å². The van der Waals surface area contributed by atoms with Crippen LogP contribution in [0.1, 0.15) is 29.3 Å². The zero-order valence-corrected chi connectivity index (χ0v) is 12.9. The van der Waals surface area contributed by atoms with E-state index in [1.54, 1.807) is 12.1 Å². The monoisotopic (exact) mass is 320 g/mol. The summed E-state index contributed by atoms with van der Waals surface area (Å²) in [7, 11) is 0. The molecule has 21 heavy (non-hydrogen) atoms. The average Bonchev–Trinajstić information content (AvgIpc) is 2.48. The van der Waals surface area contributed by atoms with E-state index in [2.05, 4.69) is 10.5 Å². The molecule has 0 aliphatic heterocycles. The van der Waals surface area contributed by atoms with Crippen molar-refractivity contribution < 1.29 is 4.79 Å². The molecule has 0 unspecified atom stereocenters. The Bertz CT molecular complexity index is 669. The molecule has 0 heterocycles. The summed E-state index contributed by atoms with van der Waals surface area (Å²) in [6.07, 6.45) is 0.707. The smallest absolute Gasteiger partial charge is 0.267 e. The molecule has 0 radical (unpaired) electrons. The Morgan fingerprint density at radius 1 is 1.14 bits per heavy atom. The molecule has 0 spiro atoms. The number of carbonyl (C=O) groups excluding carboxylic acids is 1. The quantitative estimate of drug-likeness (QED) is 0.652. The zero-order chi connectivity index (χ0) is 15.2. The van der Waals surface area contributed by atoms with Gasteiger partial charge in [0.1, 0.15) is 0 Å². The van der Waals surface area contributed by atoms with Crippen LogP contribution in [0.25, 0.3) is 0 Å². The maximum absolute atomic E-state index is 12.1. The molecular weight excluding hydrogens is 307 g/mol. The molecule has 108 valence electrons.